The summed E-state index contributed by atoms with van der Waals surface area (Å²) in [5, 5.41) is 12.3. The monoisotopic (exact) mass is 307 g/mol. The molecule has 1 rings (SSSR count). The van der Waals surface area contributed by atoms with Gasteiger partial charge in [0.1, 0.15) is 11.0 Å². The number of amides is 1. The number of alkyl carbamates (subject to hydrolysis) is 1. The largest absolute Gasteiger partial charge is 0.481 e. The molecule has 0 radical (unpaired) electrons. The van der Waals surface area contributed by atoms with Crippen LogP contribution in [0.2, 0.25) is 0 Å². The summed E-state index contributed by atoms with van der Waals surface area (Å²) in [6, 6.07) is 7.33. The van der Waals surface area contributed by atoms with E-state index >= 15 is 0 Å². The fourth-order valence-corrected chi connectivity index (χ4v) is 2.19. The van der Waals surface area contributed by atoms with Crippen molar-refractivity contribution in [1.82, 2.24) is 5.32 Å². The number of carbonyl (C=O) groups is 2. The van der Waals surface area contributed by atoms with Gasteiger partial charge >= 0.3 is 12.1 Å². The second-order valence-corrected chi connectivity index (χ2v) is 6.46. The molecule has 0 aliphatic heterocycles. The molecular formula is C17H25NO4. The lowest BCUT2D eigenvalue weighted by Gasteiger charge is -2.30. The molecule has 1 amide bonds. The Morgan fingerprint density at radius 3 is 2.14 bits per heavy atom. The van der Waals surface area contributed by atoms with Crippen LogP contribution in [0.4, 0.5) is 4.79 Å². The molecule has 0 saturated carbocycles. The van der Waals surface area contributed by atoms with Gasteiger partial charge in [-0.2, -0.15) is 0 Å². The highest BCUT2D eigenvalue weighted by Gasteiger charge is 2.39. The van der Waals surface area contributed by atoms with Crippen molar-refractivity contribution >= 4 is 12.1 Å². The second-order valence-electron chi connectivity index (χ2n) is 6.46. The van der Waals surface area contributed by atoms with Crippen LogP contribution in [0.3, 0.4) is 0 Å². The molecule has 1 aromatic rings. The summed E-state index contributed by atoms with van der Waals surface area (Å²) >= 11 is 0. The third-order valence-corrected chi connectivity index (χ3v) is 3.55. The van der Waals surface area contributed by atoms with E-state index in [0.717, 1.165) is 5.56 Å². The van der Waals surface area contributed by atoms with Crippen molar-refractivity contribution in [2.24, 2.45) is 0 Å². The third kappa shape index (κ3) is 4.48. The molecule has 0 heterocycles. The van der Waals surface area contributed by atoms with Gasteiger partial charge in [-0.15, -0.1) is 0 Å². The van der Waals surface area contributed by atoms with Crippen molar-refractivity contribution in [2.75, 3.05) is 6.54 Å². The van der Waals surface area contributed by atoms with E-state index < -0.39 is 23.1 Å². The SMILES string of the molecule is CCC(CNC(=O)OC(C)(C)C)(C(=O)O)c1ccc(C)cc1. The van der Waals surface area contributed by atoms with Crippen molar-refractivity contribution < 1.29 is 19.4 Å². The molecular weight excluding hydrogens is 282 g/mol. The molecule has 0 spiro atoms. The van der Waals surface area contributed by atoms with Crippen molar-refractivity contribution in [3.8, 4) is 0 Å². The van der Waals surface area contributed by atoms with E-state index in [4.69, 9.17) is 4.74 Å². The molecule has 0 bridgehead atoms. The first kappa shape index (κ1) is 18.0. The molecule has 122 valence electrons. The fraction of sp³-hybridized carbons (Fsp3) is 0.529. The maximum Gasteiger partial charge on any atom is 0.407 e. The summed E-state index contributed by atoms with van der Waals surface area (Å²) in [6.07, 6.45) is -0.250. The third-order valence-electron chi connectivity index (χ3n) is 3.55. The van der Waals surface area contributed by atoms with E-state index in [0.29, 0.717) is 12.0 Å². The lowest BCUT2D eigenvalue weighted by molar-refractivity contribution is -0.143. The van der Waals surface area contributed by atoms with Crippen LogP contribution in [0.25, 0.3) is 0 Å². The van der Waals surface area contributed by atoms with Gasteiger partial charge in [0.25, 0.3) is 0 Å². The molecule has 22 heavy (non-hydrogen) atoms. The van der Waals surface area contributed by atoms with Crippen LogP contribution >= 0.6 is 0 Å². The van der Waals surface area contributed by atoms with E-state index in [2.05, 4.69) is 5.32 Å². The number of carboxylic acid groups (broad SMARTS) is 1. The zero-order chi connectivity index (χ0) is 17.0. The van der Waals surface area contributed by atoms with Crippen molar-refractivity contribution in [1.29, 1.82) is 0 Å². The Morgan fingerprint density at radius 2 is 1.73 bits per heavy atom. The molecule has 0 fully saturated rings. The predicted molar refractivity (Wildman–Crippen MR) is 85.0 cm³/mol. The van der Waals surface area contributed by atoms with Gasteiger partial charge < -0.3 is 15.2 Å². The highest BCUT2D eigenvalue weighted by Crippen LogP contribution is 2.28. The van der Waals surface area contributed by atoms with Crippen LogP contribution < -0.4 is 5.32 Å². The summed E-state index contributed by atoms with van der Waals surface area (Å²) in [5.74, 6) is -0.963. The van der Waals surface area contributed by atoms with Crippen LogP contribution in [-0.2, 0) is 14.9 Å². The lowest BCUT2D eigenvalue weighted by atomic mass is 9.78. The standard InChI is InChI=1S/C17H25NO4/c1-6-17(14(19)20,13-9-7-12(2)8-10-13)11-18-15(21)22-16(3,4)5/h7-10H,6,11H2,1-5H3,(H,18,21)(H,19,20). The van der Waals surface area contributed by atoms with Gasteiger partial charge in [0, 0.05) is 6.54 Å². The maximum absolute atomic E-state index is 11.8. The smallest absolute Gasteiger partial charge is 0.407 e. The molecule has 1 aromatic carbocycles. The average Bonchev–Trinajstić information content (AvgIpc) is 2.39. The number of hydrogen-bond donors (Lipinski definition) is 2. The van der Waals surface area contributed by atoms with Gasteiger partial charge in [0.05, 0.1) is 0 Å². The number of rotatable bonds is 5. The summed E-state index contributed by atoms with van der Waals surface area (Å²) in [7, 11) is 0. The zero-order valence-electron chi connectivity index (χ0n) is 13.9. The van der Waals surface area contributed by atoms with E-state index in [1.807, 2.05) is 19.1 Å². The number of carboxylic acids is 1. The number of ether oxygens (including phenoxy) is 1. The molecule has 0 saturated heterocycles. The molecule has 1 unspecified atom stereocenters. The number of aryl methyl sites for hydroxylation is 1. The van der Waals surface area contributed by atoms with E-state index in [1.165, 1.54) is 0 Å². The highest BCUT2D eigenvalue weighted by molar-refractivity contribution is 5.82. The highest BCUT2D eigenvalue weighted by atomic mass is 16.6. The summed E-state index contributed by atoms with van der Waals surface area (Å²) < 4.78 is 5.17. The number of nitrogens with one attached hydrogen (secondary N) is 1. The number of carbonyl (C=O) groups excluding carboxylic acids is 1. The van der Waals surface area contributed by atoms with Gasteiger partial charge in [-0.25, -0.2) is 4.79 Å². The Kier molecular flexibility index (Phi) is 5.58. The molecule has 0 aromatic heterocycles. The van der Waals surface area contributed by atoms with Gasteiger partial charge in [-0.1, -0.05) is 36.8 Å². The normalized spacial score (nSPS) is 14.0. The minimum absolute atomic E-state index is 0.0171. The maximum atomic E-state index is 11.8. The number of benzene rings is 1. The summed E-state index contributed by atoms with van der Waals surface area (Å²) in [5.41, 5.74) is -0.0557. The van der Waals surface area contributed by atoms with Gasteiger partial charge in [-0.3, -0.25) is 4.79 Å². The minimum Gasteiger partial charge on any atom is -0.481 e. The van der Waals surface area contributed by atoms with Crippen molar-refractivity contribution in [3.63, 3.8) is 0 Å². The zero-order valence-corrected chi connectivity index (χ0v) is 13.9. The van der Waals surface area contributed by atoms with Crippen LogP contribution in [0.1, 0.15) is 45.2 Å². The van der Waals surface area contributed by atoms with E-state index in [9.17, 15) is 14.7 Å². The van der Waals surface area contributed by atoms with Crippen LogP contribution in [0.5, 0.6) is 0 Å². The molecule has 0 aliphatic rings. The van der Waals surface area contributed by atoms with Crippen LogP contribution in [-0.4, -0.2) is 29.3 Å². The molecule has 0 aliphatic carbocycles. The lowest BCUT2D eigenvalue weighted by Crippen LogP contribution is -2.47. The summed E-state index contributed by atoms with van der Waals surface area (Å²) in [4.78, 5) is 23.6. The van der Waals surface area contributed by atoms with Crippen LogP contribution in [0, 0.1) is 6.92 Å². The Labute approximate surface area is 131 Å². The second kappa shape index (κ2) is 6.81. The average molecular weight is 307 g/mol. The molecule has 1 atom stereocenters. The van der Waals surface area contributed by atoms with Gasteiger partial charge in [-0.05, 0) is 39.7 Å². The Morgan fingerprint density at radius 1 is 1.18 bits per heavy atom. The topological polar surface area (TPSA) is 75.6 Å². The first-order chi connectivity index (χ1) is 10.1. The van der Waals surface area contributed by atoms with Gasteiger partial charge in [0.2, 0.25) is 0 Å². The Hall–Kier alpha value is -2.04. The van der Waals surface area contributed by atoms with Gasteiger partial charge in [0.15, 0.2) is 0 Å². The Balaban J connectivity index is 2.96. The first-order valence-electron chi connectivity index (χ1n) is 7.38. The first-order valence-corrected chi connectivity index (χ1v) is 7.38. The van der Waals surface area contributed by atoms with Crippen molar-refractivity contribution in [3.05, 3.63) is 35.4 Å². The molecule has 5 heteroatoms. The number of hydrogen-bond acceptors (Lipinski definition) is 3. The number of aliphatic carboxylic acids is 1. The molecule has 5 nitrogen and oxygen atoms in total. The Bertz CT molecular complexity index is 531. The fourth-order valence-electron chi connectivity index (χ4n) is 2.19. The van der Waals surface area contributed by atoms with E-state index in [-0.39, 0.29) is 6.54 Å². The minimum atomic E-state index is -1.16. The molecule has 2 N–H and O–H groups in total. The van der Waals surface area contributed by atoms with Crippen molar-refractivity contribution in [2.45, 2.75) is 52.1 Å². The van der Waals surface area contributed by atoms with E-state index in [1.54, 1.807) is 39.8 Å². The summed E-state index contributed by atoms with van der Waals surface area (Å²) in [6.45, 7) is 9.00. The predicted octanol–water partition coefficient (Wildman–Crippen LogP) is 3.25. The quantitative estimate of drug-likeness (QED) is 0.875. The van der Waals surface area contributed by atoms with Crippen LogP contribution in [0.15, 0.2) is 24.3 Å².